The summed E-state index contributed by atoms with van der Waals surface area (Å²) in [6.45, 7) is 2.13. The van der Waals surface area contributed by atoms with E-state index in [9.17, 15) is 9.59 Å². The summed E-state index contributed by atoms with van der Waals surface area (Å²) < 4.78 is 10.4. The minimum atomic E-state index is -0.372. The Bertz CT molecular complexity index is 1190. The fourth-order valence-electron chi connectivity index (χ4n) is 2.97. The normalized spacial score (nSPS) is 10.9. The van der Waals surface area contributed by atoms with E-state index < -0.39 is 0 Å². The molecule has 0 fully saturated rings. The molecular weight excluding hydrogens is 360 g/mol. The number of hydrogen-bond donors (Lipinski definition) is 0. The summed E-state index contributed by atoms with van der Waals surface area (Å²) >= 11 is 1.56. The Morgan fingerprint density at radius 3 is 2.67 bits per heavy atom. The number of rotatable bonds is 4. The van der Waals surface area contributed by atoms with Crippen LogP contribution in [0.4, 0.5) is 0 Å². The van der Waals surface area contributed by atoms with Crippen LogP contribution in [0, 0.1) is 0 Å². The van der Waals surface area contributed by atoms with E-state index in [2.05, 4.69) is 0 Å². The first kappa shape index (κ1) is 17.2. The Balaban J connectivity index is 1.76. The number of benzene rings is 2. The Kier molecular flexibility index (Phi) is 4.60. The van der Waals surface area contributed by atoms with Crippen LogP contribution in [0.2, 0.25) is 0 Å². The van der Waals surface area contributed by atoms with Gasteiger partial charge in [-0.15, -0.1) is 11.3 Å². The van der Waals surface area contributed by atoms with Crippen molar-refractivity contribution in [1.29, 1.82) is 0 Å². The van der Waals surface area contributed by atoms with Gasteiger partial charge in [-0.25, -0.2) is 9.59 Å². The van der Waals surface area contributed by atoms with Gasteiger partial charge in [-0.1, -0.05) is 30.3 Å². The summed E-state index contributed by atoms with van der Waals surface area (Å²) in [7, 11) is 0. The molecule has 0 spiro atoms. The molecule has 134 valence electrons. The first-order valence-electron chi connectivity index (χ1n) is 8.56. The third-order valence-corrected chi connectivity index (χ3v) is 5.35. The molecule has 0 saturated carbocycles. The van der Waals surface area contributed by atoms with Crippen molar-refractivity contribution in [3.05, 3.63) is 82.7 Å². The summed E-state index contributed by atoms with van der Waals surface area (Å²) in [5.41, 5.74) is 2.50. The van der Waals surface area contributed by atoms with Crippen LogP contribution in [0.15, 0.2) is 75.9 Å². The van der Waals surface area contributed by atoms with Gasteiger partial charge in [-0.3, -0.25) is 0 Å². The molecule has 0 amide bonds. The summed E-state index contributed by atoms with van der Waals surface area (Å²) in [4.78, 5) is 25.9. The molecule has 2 aromatic heterocycles. The molecule has 4 nitrogen and oxygen atoms in total. The average molecular weight is 376 g/mol. The number of thiophene rings is 1. The van der Waals surface area contributed by atoms with Gasteiger partial charge in [0, 0.05) is 26.8 Å². The molecular formula is C22H16O4S. The van der Waals surface area contributed by atoms with Crippen molar-refractivity contribution in [2.45, 2.75) is 6.92 Å². The van der Waals surface area contributed by atoms with Crippen molar-refractivity contribution in [3.63, 3.8) is 0 Å². The van der Waals surface area contributed by atoms with Gasteiger partial charge < -0.3 is 9.15 Å². The van der Waals surface area contributed by atoms with Gasteiger partial charge in [0.1, 0.15) is 5.58 Å². The molecule has 0 bridgehead atoms. The zero-order valence-corrected chi connectivity index (χ0v) is 15.4. The minimum absolute atomic E-state index is 0.331. The highest BCUT2D eigenvalue weighted by atomic mass is 32.1. The SMILES string of the molecule is CCOC(=O)c1cccc(-c2ccc(-c3cc(=O)oc4ccccc34)s2)c1. The monoisotopic (exact) mass is 376 g/mol. The Morgan fingerprint density at radius 2 is 1.81 bits per heavy atom. The maximum atomic E-state index is 12.0. The second-order valence-corrected chi connectivity index (χ2v) is 7.02. The largest absolute Gasteiger partial charge is 0.462 e. The highest BCUT2D eigenvalue weighted by molar-refractivity contribution is 7.18. The molecule has 0 saturated heterocycles. The van der Waals surface area contributed by atoms with Crippen LogP contribution < -0.4 is 5.63 Å². The van der Waals surface area contributed by atoms with Crippen molar-refractivity contribution < 1.29 is 13.9 Å². The number of hydrogen-bond acceptors (Lipinski definition) is 5. The number of esters is 1. The fraction of sp³-hybridized carbons (Fsp3) is 0.0909. The van der Waals surface area contributed by atoms with Crippen molar-refractivity contribution in [2.24, 2.45) is 0 Å². The molecule has 0 radical (unpaired) electrons. The van der Waals surface area contributed by atoms with Crippen LogP contribution in [-0.2, 0) is 4.74 Å². The Hall–Kier alpha value is -3.18. The standard InChI is InChI=1S/C22H16O4S/c1-2-25-22(24)15-7-5-6-14(12-15)19-10-11-20(27-19)17-13-21(23)26-18-9-4-3-8-16(17)18/h3-13H,2H2,1H3. The molecule has 0 atom stereocenters. The zero-order valence-electron chi connectivity index (χ0n) is 14.6. The maximum absolute atomic E-state index is 12.0. The van der Waals surface area contributed by atoms with Crippen molar-refractivity contribution >= 4 is 28.3 Å². The summed E-state index contributed by atoms with van der Waals surface area (Å²) in [6, 6.07) is 20.4. The van der Waals surface area contributed by atoms with Crippen molar-refractivity contribution in [1.82, 2.24) is 0 Å². The lowest BCUT2D eigenvalue weighted by Gasteiger charge is -2.04. The van der Waals surface area contributed by atoms with Gasteiger partial charge in [-0.2, -0.15) is 0 Å². The summed E-state index contributed by atoms with van der Waals surface area (Å²) in [5.74, 6) is -0.331. The number of fused-ring (bicyclic) bond motifs is 1. The number of para-hydroxylation sites is 1. The molecule has 0 unspecified atom stereocenters. The Morgan fingerprint density at radius 1 is 1.00 bits per heavy atom. The molecule has 4 rings (SSSR count). The van der Waals surface area contributed by atoms with Crippen LogP contribution in [0.5, 0.6) is 0 Å². The predicted molar refractivity (Wildman–Crippen MR) is 107 cm³/mol. The molecule has 4 aromatic rings. The highest BCUT2D eigenvalue weighted by Gasteiger charge is 2.12. The van der Waals surface area contributed by atoms with E-state index in [4.69, 9.17) is 9.15 Å². The molecule has 2 aromatic carbocycles. The van der Waals surface area contributed by atoms with E-state index in [0.717, 1.165) is 26.3 Å². The van der Waals surface area contributed by atoms with E-state index >= 15 is 0 Å². The highest BCUT2D eigenvalue weighted by Crippen LogP contribution is 2.37. The third-order valence-electron chi connectivity index (χ3n) is 4.18. The summed E-state index contributed by atoms with van der Waals surface area (Å²) in [5, 5.41) is 0.894. The minimum Gasteiger partial charge on any atom is -0.462 e. The molecule has 0 N–H and O–H groups in total. The quantitative estimate of drug-likeness (QED) is 0.355. The van der Waals surface area contributed by atoms with Gasteiger partial charge in [0.15, 0.2) is 0 Å². The number of ether oxygens (including phenoxy) is 1. The topological polar surface area (TPSA) is 56.5 Å². The van der Waals surface area contributed by atoms with Gasteiger partial charge >= 0.3 is 11.6 Å². The fourth-order valence-corrected chi connectivity index (χ4v) is 4.00. The molecule has 2 heterocycles. The second kappa shape index (κ2) is 7.21. The predicted octanol–water partition coefficient (Wildman–Crippen LogP) is 5.37. The number of carbonyl (C=O) groups is 1. The van der Waals surface area contributed by atoms with Gasteiger partial charge in [0.25, 0.3) is 0 Å². The maximum Gasteiger partial charge on any atom is 0.338 e. The zero-order chi connectivity index (χ0) is 18.8. The number of carbonyl (C=O) groups excluding carboxylic acids is 1. The molecule has 0 aliphatic rings. The van der Waals surface area contributed by atoms with Gasteiger partial charge in [-0.05, 0) is 42.8 Å². The van der Waals surface area contributed by atoms with E-state index in [1.165, 1.54) is 6.07 Å². The first-order chi connectivity index (χ1) is 13.2. The van der Waals surface area contributed by atoms with Crippen LogP contribution in [0.3, 0.4) is 0 Å². The van der Waals surface area contributed by atoms with Crippen LogP contribution in [0.1, 0.15) is 17.3 Å². The third kappa shape index (κ3) is 3.41. The van der Waals surface area contributed by atoms with E-state index in [1.54, 1.807) is 30.4 Å². The van der Waals surface area contributed by atoms with E-state index in [1.807, 2.05) is 48.5 Å². The second-order valence-electron chi connectivity index (χ2n) is 5.94. The molecule has 0 aliphatic carbocycles. The van der Waals surface area contributed by atoms with Crippen molar-refractivity contribution in [3.8, 4) is 20.9 Å². The Labute approximate surface area is 159 Å². The van der Waals surface area contributed by atoms with Crippen molar-refractivity contribution in [2.75, 3.05) is 6.61 Å². The molecule has 0 aliphatic heterocycles. The lowest BCUT2D eigenvalue weighted by molar-refractivity contribution is 0.0526. The van der Waals surface area contributed by atoms with Gasteiger partial charge in [0.2, 0.25) is 0 Å². The smallest absolute Gasteiger partial charge is 0.338 e. The average Bonchev–Trinajstić information content (AvgIpc) is 3.18. The van der Waals surface area contributed by atoms with Crippen LogP contribution in [-0.4, -0.2) is 12.6 Å². The molecule has 5 heteroatoms. The van der Waals surface area contributed by atoms with Crippen LogP contribution in [0.25, 0.3) is 31.9 Å². The lowest BCUT2D eigenvalue weighted by Crippen LogP contribution is -2.04. The summed E-state index contributed by atoms with van der Waals surface area (Å²) in [6.07, 6.45) is 0. The lowest BCUT2D eigenvalue weighted by atomic mass is 10.1. The van der Waals surface area contributed by atoms with Gasteiger partial charge in [0.05, 0.1) is 12.2 Å². The van der Waals surface area contributed by atoms with E-state index in [0.29, 0.717) is 17.8 Å². The van der Waals surface area contributed by atoms with Crippen LogP contribution >= 0.6 is 11.3 Å². The molecule has 27 heavy (non-hydrogen) atoms. The first-order valence-corrected chi connectivity index (χ1v) is 9.38. The van der Waals surface area contributed by atoms with E-state index in [-0.39, 0.29) is 11.6 Å².